The zero-order chi connectivity index (χ0) is 16.7. The molecule has 0 spiro atoms. The van der Waals surface area contributed by atoms with E-state index >= 15 is 0 Å². The first-order valence-electron chi connectivity index (χ1n) is 7.55. The maximum atomic E-state index is 13.6. The molecule has 0 fully saturated rings. The van der Waals surface area contributed by atoms with Crippen LogP contribution in [0.5, 0.6) is 0 Å². The third kappa shape index (κ3) is 4.19. The van der Waals surface area contributed by atoms with Crippen molar-refractivity contribution < 1.29 is 13.9 Å². The van der Waals surface area contributed by atoms with Crippen LogP contribution >= 0.6 is 0 Å². The number of carbonyl (C=O) groups is 1. The molecule has 122 valence electrons. The van der Waals surface area contributed by atoms with Crippen LogP contribution in [0.1, 0.15) is 32.8 Å². The van der Waals surface area contributed by atoms with Crippen LogP contribution in [0.15, 0.2) is 12.1 Å². The molecule has 1 aromatic heterocycles. The first-order valence-corrected chi connectivity index (χ1v) is 7.55. The Morgan fingerprint density at radius 1 is 1.41 bits per heavy atom. The summed E-state index contributed by atoms with van der Waals surface area (Å²) in [7, 11) is 1.80. The second-order valence-corrected chi connectivity index (χ2v) is 4.57. The fourth-order valence-electron chi connectivity index (χ4n) is 2.03. The van der Waals surface area contributed by atoms with E-state index in [2.05, 4.69) is 10.4 Å². The largest absolute Gasteiger partial charge is 0.466 e. The van der Waals surface area contributed by atoms with E-state index in [1.807, 2.05) is 13.8 Å². The third-order valence-corrected chi connectivity index (χ3v) is 3.06. The number of fused-ring (bicyclic) bond motifs is 1. The summed E-state index contributed by atoms with van der Waals surface area (Å²) in [6.07, 6.45) is 0.250. The summed E-state index contributed by atoms with van der Waals surface area (Å²) in [5.74, 6) is 0.0481. The van der Waals surface area contributed by atoms with E-state index in [1.165, 1.54) is 6.07 Å². The first kappa shape index (κ1) is 17.9. The van der Waals surface area contributed by atoms with E-state index in [-0.39, 0.29) is 18.2 Å². The van der Waals surface area contributed by atoms with Gasteiger partial charge in [-0.15, -0.1) is 0 Å². The monoisotopic (exact) mass is 309 g/mol. The first-order chi connectivity index (χ1) is 10.5. The van der Waals surface area contributed by atoms with E-state index in [0.29, 0.717) is 29.9 Å². The van der Waals surface area contributed by atoms with Crippen molar-refractivity contribution in [2.24, 2.45) is 7.05 Å². The number of hydrogen-bond acceptors (Lipinski definition) is 4. The number of halogens is 1. The van der Waals surface area contributed by atoms with Crippen molar-refractivity contribution in [1.29, 1.82) is 0 Å². The van der Waals surface area contributed by atoms with Crippen LogP contribution in [0.4, 0.5) is 10.2 Å². The highest BCUT2D eigenvalue weighted by atomic mass is 19.1. The van der Waals surface area contributed by atoms with Crippen LogP contribution < -0.4 is 5.32 Å². The van der Waals surface area contributed by atoms with E-state index in [9.17, 15) is 9.18 Å². The number of carbonyl (C=O) groups excluding carboxylic acids is 1. The molecule has 0 aliphatic rings. The normalized spacial score (nSPS) is 10.1. The molecular weight excluding hydrogens is 285 g/mol. The van der Waals surface area contributed by atoms with Gasteiger partial charge in [0.1, 0.15) is 5.82 Å². The van der Waals surface area contributed by atoms with Gasteiger partial charge < -0.3 is 10.1 Å². The van der Waals surface area contributed by atoms with Crippen LogP contribution in [-0.4, -0.2) is 28.9 Å². The molecule has 0 saturated heterocycles. The Morgan fingerprint density at radius 2 is 2.09 bits per heavy atom. The van der Waals surface area contributed by atoms with Crippen molar-refractivity contribution in [2.75, 3.05) is 18.5 Å². The van der Waals surface area contributed by atoms with Crippen molar-refractivity contribution in [3.63, 3.8) is 0 Å². The molecule has 0 bridgehead atoms. The zero-order valence-corrected chi connectivity index (χ0v) is 13.9. The minimum absolute atomic E-state index is 0.250. The number of anilines is 1. The lowest BCUT2D eigenvalue weighted by Crippen LogP contribution is -2.11. The molecule has 22 heavy (non-hydrogen) atoms. The average Bonchev–Trinajstić information content (AvgIpc) is 2.78. The predicted molar refractivity (Wildman–Crippen MR) is 86.5 cm³/mol. The van der Waals surface area contributed by atoms with Gasteiger partial charge in [0, 0.05) is 19.0 Å². The number of nitrogens with one attached hydrogen (secondary N) is 1. The number of esters is 1. The van der Waals surface area contributed by atoms with Gasteiger partial charge in [-0.2, -0.15) is 5.10 Å². The fourth-order valence-corrected chi connectivity index (χ4v) is 2.03. The number of benzene rings is 1. The molecule has 0 unspecified atom stereocenters. The van der Waals surface area contributed by atoms with Crippen LogP contribution in [0.2, 0.25) is 0 Å². The Kier molecular flexibility index (Phi) is 6.82. The van der Waals surface area contributed by atoms with Gasteiger partial charge in [0.15, 0.2) is 5.82 Å². The van der Waals surface area contributed by atoms with Crippen molar-refractivity contribution >= 4 is 22.7 Å². The number of aromatic nitrogens is 2. The van der Waals surface area contributed by atoms with Gasteiger partial charge in [-0.3, -0.25) is 9.48 Å². The predicted octanol–water partition coefficient (Wildman–Crippen LogP) is 3.41. The maximum absolute atomic E-state index is 13.6. The second kappa shape index (κ2) is 8.36. The molecule has 2 rings (SSSR count). The summed E-state index contributed by atoms with van der Waals surface area (Å²) in [6.45, 7) is 8.26. The summed E-state index contributed by atoms with van der Waals surface area (Å²) in [5.41, 5.74) is 1.43. The SMILES string of the molecule is CC.CCOC(=O)CCNc1nn(C)c2cc(C)c(F)cc12. The minimum atomic E-state index is -0.265. The summed E-state index contributed by atoms with van der Waals surface area (Å²) in [4.78, 5) is 11.3. The van der Waals surface area contributed by atoms with Gasteiger partial charge in [-0.1, -0.05) is 13.8 Å². The Balaban J connectivity index is 0.00000116. The zero-order valence-electron chi connectivity index (χ0n) is 13.9. The molecular formula is C16H24FN3O2. The van der Waals surface area contributed by atoms with E-state index in [4.69, 9.17) is 4.74 Å². The van der Waals surface area contributed by atoms with Crippen LogP contribution in [0.3, 0.4) is 0 Å². The smallest absolute Gasteiger partial charge is 0.307 e. The molecule has 1 N–H and O–H groups in total. The van der Waals surface area contributed by atoms with Gasteiger partial charge in [0.2, 0.25) is 0 Å². The van der Waals surface area contributed by atoms with Crippen LogP contribution in [0, 0.1) is 12.7 Å². The number of rotatable bonds is 5. The number of aryl methyl sites for hydroxylation is 2. The molecule has 0 amide bonds. The molecule has 5 nitrogen and oxygen atoms in total. The quantitative estimate of drug-likeness (QED) is 0.860. The molecule has 0 atom stereocenters. The number of nitrogens with zero attached hydrogens (tertiary/aromatic N) is 2. The van der Waals surface area contributed by atoms with Crippen molar-refractivity contribution in [3.05, 3.63) is 23.5 Å². The summed E-state index contributed by atoms with van der Waals surface area (Å²) >= 11 is 0. The van der Waals surface area contributed by atoms with Gasteiger partial charge >= 0.3 is 5.97 Å². The summed E-state index contributed by atoms with van der Waals surface area (Å²) in [5, 5.41) is 8.05. The molecule has 1 aromatic carbocycles. The highest BCUT2D eigenvalue weighted by molar-refractivity contribution is 5.90. The van der Waals surface area contributed by atoms with Crippen LogP contribution in [-0.2, 0) is 16.6 Å². The summed E-state index contributed by atoms with van der Waals surface area (Å²) < 4.78 is 20.2. The Hall–Kier alpha value is -2.11. The minimum Gasteiger partial charge on any atom is -0.466 e. The van der Waals surface area contributed by atoms with Gasteiger partial charge in [0.05, 0.1) is 18.5 Å². The lowest BCUT2D eigenvalue weighted by atomic mass is 10.1. The Labute approximate surface area is 130 Å². The van der Waals surface area contributed by atoms with Crippen molar-refractivity contribution in [3.8, 4) is 0 Å². The van der Waals surface area contributed by atoms with Gasteiger partial charge in [0.25, 0.3) is 0 Å². The molecule has 0 aliphatic carbocycles. The van der Waals surface area contributed by atoms with Gasteiger partial charge in [-0.05, 0) is 31.5 Å². The second-order valence-electron chi connectivity index (χ2n) is 4.57. The van der Waals surface area contributed by atoms with Crippen LogP contribution in [0.25, 0.3) is 10.9 Å². The maximum Gasteiger partial charge on any atom is 0.307 e. The Bertz CT molecular complexity index is 638. The third-order valence-electron chi connectivity index (χ3n) is 3.06. The lowest BCUT2D eigenvalue weighted by Gasteiger charge is -2.04. The average molecular weight is 309 g/mol. The molecule has 1 heterocycles. The fraction of sp³-hybridized carbons (Fsp3) is 0.500. The van der Waals surface area contributed by atoms with E-state index in [1.54, 1.807) is 31.6 Å². The molecule has 2 aromatic rings. The lowest BCUT2D eigenvalue weighted by molar-refractivity contribution is -0.142. The highest BCUT2D eigenvalue weighted by Crippen LogP contribution is 2.25. The van der Waals surface area contributed by atoms with E-state index in [0.717, 1.165) is 5.52 Å². The summed E-state index contributed by atoms with van der Waals surface area (Å²) in [6, 6.07) is 3.22. The molecule has 6 heteroatoms. The topological polar surface area (TPSA) is 56.1 Å². The van der Waals surface area contributed by atoms with Gasteiger partial charge in [-0.25, -0.2) is 4.39 Å². The number of hydrogen-bond donors (Lipinski definition) is 1. The highest BCUT2D eigenvalue weighted by Gasteiger charge is 2.11. The van der Waals surface area contributed by atoms with E-state index < -0.39 is 0 Å². The molecule has 0 aliphatic heterocycles. The number of ether oxygens (including phenoxy) is 1. The molecule has 0 radical (unpaired) electrons. The van der Waals surface area contributed by atoms with Crippen molar-refractivity contribution in [2.45, 2.75) is 34.1 Å². The standard InChI is InChI=1S/C14H18FN3O2.C2H6/c1-4-20-13(19)5-6-16-14-10-8-11(15)9(2)7-12(10)18(3)17-14;1-2/h7-8H,4-6H2,1-3H3,(H,16,17);1-2H3. The Morgan fingerprint density at radius 3 is 2.73 bits per heavy atom. The van der Waals surface area contributed by atoms with Crippen molar-refractivity contribution in [1.82, 2.24) is 9.78 Å². The molecule has 0 saturated carbocycles.